The van der Waals surface area contributed by atoms with E-state index >= 15 is 0 Å². The first-order valence-electron chi connectivity index (χ1n) is 4.75. The zero-order chi connectivity index (χ0) is 10.8. The molecule has 0 saturated carbocycles. The van der Waals surface area contributed by atoms with E-state index < -0.39 is 0 Å². The van der Waals surface area contributed by atoms with Crippen LogP contribution in [-0.2, 0) is 13.1 Å². The summed E-state index contributed by atoms with van der Waals surface area (Å²) in [5.41, 5.74) is 4.30. The molecule has 0 amide bonds. The van der Waals surface area contributed by atoms with Crippen molar-refractivity contribution in [2.45, 2.75) is 20.0 Å². The molecule has 0 radical (unpaired) electrons. The number of aromatic nitrogens is 1. The van der Waals surface area contributed by atoms with Crippen LogP contribution in [0.1, 0.15) is 12.5 Å². The van der Waals surface area contributed by atoms with Gasteiger partial charge in [0.25, 0.3) is 0 Å². The quantitative estimate of drug-likeness (QED) is 0.741. The molecule has 2 rings (SSSR count). The Balaban J connectivity index is 2.62. The predicted octanol–water partition coefficient (Wildman–Crippen LogP) is 1.09. The van der Waals surface area contributed by atoms with Crippen LogP contribution in [0.15, 0.2) is 27.4 Å². The summed E-state index contributed by atoms with van der Waals surface area (Å²) >= 11 is 0. The van der Waals surface area contributed by atoms with Crippen molar-refractivity contribution in [2.24, 2.45) is 0 Å². The maximum Gasteiger partial charge on any atom is 0.419 e. The summed E-state index contributed by atoms with van der Waals surface area (Å²) in [6, 6.07) is 5.36. The molecule has 15 heavy (non-hydrogen) atoms. The second-order valence-corrected chi connectivity index (χ2v) is 3.25. The van der Waals surface area contributed by atoms with Gasteiger partial charge in [0.15, 0.2) is 5.58 Å². The number of oxazole rings is 1. The van der Waals surface area contributed by atoms with Crippen LogP contribution in [0.4, 0.5) is 0 Å². The van der Waals surface area contributed by atoms with Gasteiger partial charge in [-0.05, 0) is 24.6 Å². The zero-order valence-corrected chi connectivity index (χ0v) is 8.36. The molecule has 2 aromatic rings. The maximum absolute atomic E-state index is 11.4. The molecule has 1 aromatic heterocycles. The fourth-order valence-electron chi connectivity index (χ4n) is 1.61. The van der Waals surface area contributed by atoms with E-state index in [9.17, 15) is 4.79 Å². The van der Waals surface area contributed by atoms with Gasteiger partial charge in [0.2, 0.25) is 0 Å². The van der Waals surface area contributed by atoms with Crippen LogP contribution in [-0.4, -0.2) is 9.77 Å². The van der Waals surface area contributed by atoms with Gasteiger partial charge in [0, 0.05) is 13.1 Å². The molecule has 0 aliphatic carbocycles. The van der Waals surface area contributed by atoms with E-state index in [0.717, 1.165) is 11.1 Å². The summed E-state index contributed by atoms with van der Waals surface area (Å²) in [4.78, 5) is 11.4. The van der Waals surface area contributed by atoms with E-state index in [4.69, 9.17) is 9.62 Å². The van der Waals surface area contributed by atoms with E-state index in [1.165, 1.54) is 0 Å². The van der Waals surface area contributed by atoms with Crippen LogP contribution in [0, 0.1) is 0 Å². The molecule has 2 N–H and O–H groups in total. The first-order valence-corrected chi connectivity index (χ1v) is 4.75. The van der Waals surface area contributed by atoms with Gasteiger partial charge in [0.1, 0.15) is 0 Å². The fraction of sp³-hybridized carbons (Fsp3) is 0.300. The third-order valence-electron chi connectivity index (χ3n) is 2.33. The summed E-state index contributed by atoms with van der Waals surface area (Å²) < 4.78 is 6.60. The zero-order valence-electron chi connectivity index (χ0n) is 8.36. The molecule has 0 aliphatic heterocycles. The normalized spacial score (nSPS) is 11.1. The van der Waals surface area contributed by atoms with Gasteiger partial charge >= 0.3 is 5.76 Å². The Labute approximate surface area is 85.9 Å². The lowest BCUT2D eigenvalue weighted by molar-refractivity contribution is 0.161. The number of hydroxylamine groups is 1. The molecule has 80 valence electrons. The number of nitrogens with zero attached hydrogens (tertiary/aromatic N) is 1. The number of hydrogen-bond acceptors (Lipinski definition) is 4. The van der Waals surface area contributed by atoms with Crippen LogP contribution in [0.25, 0.3) is 11.1 Å². The minimum Gasteiger partial charge on any atom is -0.408 e. The number of hydrogen-bond donors (Lipinski definition) is 2. The Morgan fingerprint density at radius 2 is 2.33 bits per heavy atom. The molecule has 1 aromatic carbocycles. The molecule has 5 nitrogen and oxygen atoms in total. The van der Waals surface area contributed by atoms with Gasteiger partial charge in [-0.15, -0.1) is 0 Å². The standard InChI is InChI=1S/C10H12N2O3/c1-2-12-8-5-7(6-11-14)3-4-9(8)15-10(12)13/h3-5,11,14H,2,6H2,1H3. The largest absolute Gasteiger partial charge is 0.419 e. The number of aryl methyl sites for hydroxylation is 1. The molecule has 0 atom stereocenters. The van der Waals surface area contributed by atoms with Gasteiger partial charge in [0.05, 0.1) is 5.52 Å². The fourth-order valence-corrected chi connectivity index (χ4v) is 1.61. The van der Waals surface area contributed by atoms with Crippen molar-refractivity contribution in [2.75, 3.05) is 0 Å². The molecule has 0 bridgehead atoms. The van der Waals surface area contributed by atoms with Crippen molar-refractivity contribution in [3.05, 3.63) is 34.3 Å². The lowest BCUT2D eigenvalue weighted by Crippen LogP contribution is -2.12. The Morgan fingerprint density at radius 3 is 3.00 bits per heavy atom. The molecule has 1 heterocycles. The van der Waals surface area contributed by atoms with Crippen LogP contribution < -0.4 is 11.2 Å². The van der Waals surface area contributed by atoms with Gasteiger partial charge in [-0.2, -0.15) is 0 Å². The van der Waals surface area contributed by atoms with Crippen LogP contribution in [0.3, 0.4) is 0 Å². The SMILES string of the molecule is CCn1c(=O)oc2ccc(CNO)cc21. The third-order valence-corrected chi connectivity index (χ3v) is 2.33. The first-order chi connectivity index (χ1) is 7.26. The molecule has 0 aliphatic rings. The monoisotopic (exact) mass is 208 g/mol. The average Bonchev–Trinajstić information content (AvgIpc) is 2.53. The predicted molar refractivity (Wildman–Crippen MR) is 54.8 cm³/mol. The van der Waals surface area contributed by atoms with Crippen LogP contribution >= 0.6 is 0 Å². The molecular formula is C10H12N2O3. The lowest BCUT2D eigenvalue weighted by Gasteiger charge is -2.00. The number of rotatable bonds is 3. The summed E-state index contributed by atoms with van der Waals surface area (Å²) in [6.07, 6.45) is 0. The van der Waals surface area contributed by atoms with Gasteiger partial charge in [-0.25, -0.2) is 10.3 Å². The summed E-state index contributed by atoms with van der Waals surface area (Å²) in [7, 11) is 0. The molecule has 0 fully saturated rings. The van der Waals surface area contributed by atoms with Gasteiger partial charge in [-0.1, -0.05) is 6.07 Å². The molecule has 0 saturated heterocycles. The van der Waals surface area contributed by atoms with Crippen molar-refractivity contribution in [3.63, 3.8) is 0 Å². The van der Waals surface area contributed by atoms with E-state index in [1.54, 1.807) is 16.7 Å². The molecule has 5 heteroatoms. The van der Waals surface area contributed by atoms with E-state index in [2.05, 4.69) is 5.48 Å². The summed E-state index contributed by atoms with van der Waals surface area (Å²) in [5, 5.41) is 8.58. The Hall–Kier alpha value is -1.59. The van der Waals surface area contributed by atoms with E-state index in [0.29, 0.717) is 18.7 Å². The average molecular weight is 208 g/mol. The van der Waals surface area contributed by atoms with Crippen molar-refractivity contribution in [1.29, 1.82) is 0 Å². The minimum atomic E-state index is -0.346. The Morgan fingerprint density at radius 1 is 1.53 bits per heavy atom. The second-order valence-electron chi connectivity index (χ2n) is 3.25. The first kappa shape index (κ1) is 9.95. The Kier molecular flexibility index (Phi) is 2.57. The van der Waals surface area contributed by atoms with E-state index in [1.807, 2.05) is 13.0 Å². The molecule has 0 spiro atoms. The van der Waals surface area contributed by atoms with Gasteiger partial charge in [-0.3, -0.25) is 4.57 Å². The van der Waals surface area contributed by atoms with Crippen molar-refractivity contribution in [3.8, 4) is 0 Å². The highest BCUT2D eigenvalue weighted by molar-refractivity contribution is 5.73. The van der Waals surface area contributed by atoms with Crippen LogP contribution in [0.2, 0.25) is 0 Å². The maximum atomic E-state index is 11.4. The van der Waals surface area contributed by atoms with Crippen molar-refractivity contribution >= 4 is 11.1 Å². The topological polar surface area (TPSA) is 67.4 Å². The third kappa shape index (κ3) is 1.67. The highest BCUT2D eigenvalue weighted by Crippen LogP contribution is 2.14. The number of benzene rings is 1. The lowest BCUT2D eigenvalue weighted by atomic mass is 10.2. The smallest absolute Gasteiger partial charge is 0.408 e. The Bertz CT molecular complexity index is 527. The van der Waals surface area contributed by atoms with Crippen LogP contribution in [0.5, 0.6) is 0 Å². The van der Waals surface area contributed by atoms with Gasteiger partial charge < -0.3 is 9.62 Å². The highest BCUT2D eigenvalue weighted by atomic mass is 16.5. The molecule has 0 unspecified atom stereocenters. The molecular weight excluding hydrogens is 196 g/mol. The summed E-state index contributed by atoms with van der Waals surface area (Å²) in [6.45, 7) is 2.80. The minimum absolute atomic E-state index is 0.346. The van der Waals surface area contributed by atoms with E-state index in [-0.39, 0.29) is 5.76 Å². The van der Waals surface area contributed by atoms with Crippen molar-refractivity contribution in [1.82, 2.24) is 10.0 Å². The number of fused-ring (bicyclic) bond motifs is 1. The second kappa shape index (κ2) is 3.88. The summed E-state index contributed by atoms with van der Waals surface area (Å²) in [5.74, 6) is -0.346. The highest BCUT2D eigenvalue weighted by Gasteiger charge is 2.07. The van der Waals surface area contributed by atoms with Crippen molar-refractivity contribution < 1.29 is 9.62 Å². The number of nitrogens with one attached hydrogen (secondary N) is 1.